The van der Waals surface area contributed by atoms with Gasteiger partial charge in [0.25, 0.3) is 0 Å². The highest BCUT2D eigenvalue weighted by molar-refractivity contribution is 5.41. The first-order valence-electron chi connectivity index (χ1n) is 7.22. The summed E-state index contributed by atoms with van der Waals surface area (Å²) in [5, 5.41) is 3.36. The molecule has 21 heavy (non-hydrogen) atoms. The van der Waals surface area contributed by atoms with Crippen molar-refractivity contribution < 1.29 is 9.13 Å². The summed E-state index contributed by atoms with van der Waals surface area (Å²) in [4.78, 5) is 0. The number of rotatable bonds is 5. The van der Waals surface area contributed by atoms with Crippen molar-refractivity contribution in [1.82, 2.24) is 5.32 Å². The minimum absolute atomic E-state index is 0.270. The maximum absolute atomic E-state index is 13.8. The van der Waals surface area contributed by atoms with Crippen molar-refractivity contribution in [2.24, 2.45) is 0 Å². The maximum Gasteiger partial charge on any atom is 0.165 e. The third-order valence-corrected chi connectivity index (χ3v) is 3.27. The fourth-order valence-corrected chi connectivity index (χ4v) is 1.99. The summed E-state index contributed by atoms with van der Waals surface area (Å²) in [5.41, 5.74) is 3.09. The van der Waals surface area contributed by atoms with E-state index in [1.807, 2.05) is 26.0 Å². The van der Waals surface area contributed by atoms with Gasteiger partial charge in [-0.2, -0.15) is 0 Å². The molecule has 0 saturated heterocycles. The Morgan fingerprint density at radius 3 is 2.52 bits per heavy atom. The molecule has 0 aliphatic rings. The van der Waals surface area contributed by atoms with E-state index < -0.39 is 0 Å². The van der Waals surface area contributed by atoms with Crippen LogP contribution in [0.5, 0.6) is 11.5 Å². The van der Waals surface area contributed by atoms with Gasteiger partial charge in [0.1, 0.15) is 5.75 Å². The van der Waals surface area contributed by atoms with E-state index in [9.17, 15) is 4.39 Å². The summed E-state index contributed by atoms with van der Waals surface area (Å²) in [7, 11) is 0. The number of halogens is 1. The van der Waals surface area contributed by atoms with E-state index in [1.165, 1.54) is 6.07 Å². The first-order valence-corrected chi connectivity index (χ1v) is 7.22. The highest BCUT2D eigenvalue weighted by Crippen LogP contribution is 2.28. The van der Waals surface area contributed by atoms with Gasteiger partial charge in [-0.3, -0.25) is 0 Å². The number of aryl methyl sites for hydroxylation is 2. The molecule has 3 heteroatoms. The third kappa shape index (κ3) is 4.30. The Bertz CT molecular complexity index is 623. The summed E-state index contributed by atoms with van der Waals surface area (Å²) < 4.78 is 19.6. The van der Waals surface area contributed by atoms with E-state index >= 15 is 0 Å². The van der Waals surface area contributed by atoms with Gasteiger partial charge in [-0.05, 0) is 48.7 Å². The number of hydrogen-bond donors (Lipinski definition) is 1. The fourth-order valence-electron chi connectivity index (χ4n) is 1.99. The average Bonchev–Trinajstić information content (AvgIpc) is 2.43. The SMILES string of the molecule is Cc1ccc(F)c(Oc2cc(CNC(C)C)ccc2C)c1. The smallest absolute Gasteiger partial charge is 0.165 e. The van der Waals surface area contributed by atoms with Gasteiger partial charge in [-0.1, -0.05) is 32.0 Å². The Morgan fingerprint density at radius 1 is 1.05 bits per heavy atom. The van der Waals surface area contributed by atoms with Crippen molar-refractivity contribution in [2.45, 2.75) is 40.3 Å². The van der Waals surface area contributed by atoms with Crippen LogP contribution < -0.4 is 10.1 Å². The molecular formula is C18H22FNO. The van der Waals surface area contributed by atoms with Crippen molar-refractivity contribution in [2.75, 3.05) is 0 Å². The highest BCUT2D eigenvalue weighted by atomic mass is 19.1. The monoisotopic (exact) mass is 287 g/mol. The molecule has 0 aliphatic heterocycles. The molecule has 2 rings (SSSR count). The second-order valence-corrected chi connectivity index (χ2v) is 5.67. The molecule has 2 nitrogen and oxygen atoms in total. The quantitative estimate of drug-likeness (QED) is 0.858. The molecule has 0 radical (unpaired) electrons. The Morgan fingerprint density at radius 2 is 1.81 bits per heavy atom. The van der Waals surface area contributed by atoms with E-state index in [1.54, 1.807) is 12.1 Å². The average molecular weight is 287 g/mol. The van der Waals surface area contributed by atoms with Crippen LogP contribution in [0.15, 0.2) is 36.4 Å². The van der Waals surface area contributed by atoms with E-state index in [0.29, 0.717) is 11.8 Å². The van der Waals surface area contributed by atoms with Gasteiger partial charge in [0.05, 0.1) is 0 Å². The van der Waals surface area contributed by atoms with Gasteiger partial charge in [-0.15, -0.1) is 0 Å². The van der Waals surface area contributed by atoms with Gasteiger partial charge in [-0.25, -0.2) is 4.39 Å². The molecule has 0 atom stereocenters. The molecule has 0 bridgehead atoms. The normalized spacial score (nSPS) is 11.0. The van der Waals surface area contributed by atoms with Gasteiger partial charge >= 0.3 is 0 Å². The largest absolute Gasteiger partial charge is 0.454 e. The molecule has 0 unspecified atom stereocenters. The molecule has 0 aliphatic carbocycles. The van der Waals surface area contributed by atoms with Crippen LogP contribution in [0, 0.1) is 19.7 Å². The number of nitrogens with one attached hydrogen (secondary N) is 1. The lowest BCUT2D eigenvalue weighted by atomic mass is 10.1. The Labute approximate surface area is 126 Å². The zero-order chi connectivity index (χ0) is 15.4. The zero-order valence-electron chi connectivity index (χ0n) is 13.0. The predicted octanol–water partition coefficient (Wildman–Crippen LogP) is 4.73. The van der Waals surface area contributed by atoms with E-state index in [2.05, 4.69) is 25.2 Å². The molecule has 0 fully saturated rings. The van der Waals surface area contributed by atoms with Gasteiger partial charge in [0, 0.05) is 12.6 Å². The molecule has 0 spiro atoms. The van der Waals surface area contributed by atoms with Crippen LogP contribution in [0.3, 0.4) is 0 Å². The number of hydrogen-bond acceptors (Lipinski definition) is 2. The van der Waals surface area contributed by atoms with Gasteiger partial charge < -0.3 is 10.1 Å². The van der Waals surface area contributed by atoms with Gasteiger partial charge in [0.2, 0.25) is 0 Å². The van der Waals surface area contributed by atoms with Crippen molar-refractivity contribution in [3.63, 3.8) is 0 Å². The number of ether oxygens (including phenoxy) is 1. The molecule has 1 N–H and O–H groups in total. The predicted molar refractivity (Wildman–Crippen MR) is 84.4 cm³/mol. The second kappa shape index (κ2) is 6.72. The lowest BCUT2D eigenvalue weighted by molar-refractivity contribution is 0.438. The third-order valence-electron chi connectivity index (χ3n) is 3.27. The van der Waals surface area contributed by atoms with Crippen LogP contribution >= 0.6 is 0 Å². The first kappa shape index (κ1) is 15.5. The Hall–Kier alpha value is -1.87. The van der Waals surface area contributed by atoms with E-state index in [4.69, 9.17) is 4.74 Å². The van der Waals surface area contributed by atoms with Crippen LogP contribution in [0.2, 0.25) is 0 Å². The summed E-state index contributed by atoms with van der Waals surface area (Å²) in [6, 6.07) is 11.3. The molecule has 0 saturated carbocycles. The standard InChI is InChI=1S/C18H22FNO/c1-12(2)20-11-15-7-6-14(4)17(10-15)21-18-9-13(3)5-8-16(18)19/h5-10,12,20H,11H2,1-4H3. The maximum atomic E-state index is 13.8. The second-order valence-electron chi connectivity index (χ2n) is 5.67. The van der Waals surface area contributed by atoms with E-state index in [0.717, 1.165) is 23.2 Å². The molecule has 0 amide bonds. The first-order chi connectivity index (χ1) is 9.95. The van der Waals surface area contributed by atoms with Crippen molar-refractivity contribution in [3.8, 4) is 11.5 Å². The summed E-state index contributed by atoms with van der Waals surface area (Å²) >= 11 is 0. The molecule has 2 aromatic rings. The summed E-state index contributed by atoms with van der Waals surface area (Å²) in [6.45, 7) is 8.86. The topological polar surface area (TPSA) is 21.3 Å². The fraction of sp³-hybridized carbons (Fsp3) is 0.333. The van der Waals surface area contributed by atoms with Crippen LogP contribution in [0.25, 0.3) is 0 Å². The molecule has 2 aromatic carbocycles. The van der Waals surface area contributed by atoms with Crippen LogP contribution in [0.4, 0.5) is 4.39 Å². The highest BCUT2D eigenvalue weighted by Gasteiger charge is 2.08. The van der Waals surface area contributed by atoms with Crippen LogP contribution in [0.1, 0.15) is 30.5 Å². The van der Waals surface area contributed by atoms with Gasteiger partial charge in [0.15, 0.2) is 11.6 Å². The minimum atomic E-state index is -0.342. The Kier molecular flexibility index (Phi) is 4.97. The van der Waals surface area contributed by atoms with E-state index in [-0.39, 0.29) is 11.6 Å². The van der Waals surface area contributed by atoms with Crippen LogP contribution in [-0.2, 0) is 6.54 Å². The molecular weight excluding hydrogens is 265 g/mol. The molecule has 112 valence electrons. The van der Waals surface area contributed by atoms with Crippen molar-refractivity contribution >= 4 is 0 Å². The van der Waals surface area contributed by atoms with Crippen molar-refractivity contribution in [3.05, 3.63) is 58.9 Å². The lowest BCUT2D eigenvalue weighted by Crippen LogP contribution is -2.21. The minimum Gasteiger partial charge on any atom is -0.454 e. The summed E-state index contributed by atoms with van der Waals surface area (Å²) in [5.74, 6) is 0.625. The molecule has 0 aromatic heterocycles. The lowest BCUT2D eigenvalue weighted by Gasteiger charge is -2.13. The summed E-state index contributed by atoms with van der Waals surface area (Å²) in [6.07, 6.45) is 0. The van der Waals surface area contributed by atoms with Crippen LogP contribution in [-0.4, -0.2) is 6.04 Å². The number of benzene rings is 2. The molecule has 0 heterocycles. The van der Waals surface area contributed by atoms with Crippen molar-refractivity contribution in [1.29, 1.82) is 0 Å². The Balaban J connectivity index is 2.22. The zero-order valence-corrected chi connectivity index (χ0v) is 13.0.